The van der Waals surface area contributed by atoms with E-state index in [0.29, 0.717) is 17.1 Å². The Labute approximate surface area is 87.3 Å². The molecule has 15 heavy (non-hydrogen) atoms. The average Bonchev–Trinajstić information content (AvgIpc) is 2.59. The third-order valence-corrected chi connectivity index (χ3v) is 2.36. The molecule has 0 amide bonds. The monoisotopic (exact) mass is 204 g/mol. The van der Waals surface area contributed by atoms with E-state index in [0.717, 1.165) is 11.1 Å². The molecule has 0 aliphatic rings. The summed E-state index contributed by atoms with van der Waals surface area (Å²) in [5.41, 5.74) is 7.84. The van der Waals surface area contributed by atoms with Crippen LogP contribution < -0.4 is 5.73 Å². The van der Waals surface area contributed by atoms with Gasteiger partial charge in [-0.15, -0.1) is 0 Å². The Bertz CT molecular complexity index is 503. The molecule has 2 rings (SSSR count). The molecule has 0 aliphatic carbocycles. The normalized spacial score (nSPS) is 10.5. The third-order valence-electron chi connectivity index (χ3n) is 2.36. The van der Waals surface area contributed by atoms with Gasteiger partial charge in [-0.1, -0.05) is 17.3 Å². The summed E-state index contributed by atoms with van der Waals surface area (Å²) in [6.07, 6.45) is 0. The van der Waals surface area contributed by atoms with Crippen molar-refractivity contribution in [3.05, 3.63) is 29.3 Å². The van der Waals surface area contributed by atoms with Crippen LogP contribution in [-0.2, 0) is 0 Å². The molecule has 1 heterocycles. The predicted octanol–water partition coefficient (Wildman–Crippen LogP) is 2.25. The van der Waals surface area contributed by atoms with Crippen LogP contribution in [0.1, 0.15) is 11.1 Å². The molecule has 4 heteroatoms. The Morgan fingerprint density at radius 3 is 2.53 bits per heavy atom. The van der Waals surface area contributed by atoms with Crippen molar-refractivity contribution in [1.82, 2.24) is 5.16 Å². The fourth-order valence-corrected chi connectivity index (χ4v) is 1.51. The number of aryl methyl sites for hydroxylation is 2. The maximum atomic E-state index is 9.91. The highest BCUT2D eigenvalue weighted by Crippen LogP contribution is 2.35. The largest absolute Gasteiger partial charge is 0.507 e. The molecule has 0 fully saturated rings. The number of hydrogen-bond donors (Lipinski definition) is 2. The molecule has 4 nitrogen and oxygen atoms in total. The number of phenolic OH excluding ortho intramolecular Hbond substituents is 1. The number of anilines is 1. The third kappa shape index (κ3) is 1.54. The smallest absolute Gasteiger partial charge is 0.173 e. The van der Waals surface area contributed by atoms with Crippen LogP contribution in [-0.4, -0.2) is 10.3 Å². The Morgan fingerprint density at radius 1 is 1.27 bits per heavy atom. The molecular weight excluding hydrogens is 192 g/mol. The van der Waals surface area contributed by atoms with Crippen LogP contribution in [0.2, 0.25) is 0 Å². The first kappa shape index (κ1) is 9.58. The number of hydrogen-bond acceptors (Lipinski definition) is 4. The first-order valence-electron chi connectivity index (χ1n) is 4.61. The van der Waals surface area contributed by atoms with E-state index in [1.54, 1.807) is 6.07 Å². The van der Waals surface area contributed by atoms with E-state index in [4.69, 9.17) is 10.3 Å². The number of phenols is 1. The molecule has 78 valence electrons. The van der Waals surface area contributed by atoms with E-state index in [1.165, 1.54) is 0 Å². The standard InChI is InChI=1S/C11H12N2O2/c1-6-3-4-7(2)11(14)10(6)8-5-9(12)13-15-8/h3-5,14H,1-2H3,(H2,12,13). The van der Waals surface area contributed by atoms with Gasteiger partial charge >= 0.3 is 0 Å². The van der Waals surface area contributed by atoms with Gasteiger partial charge in [0.05, 0.1) is 5.56 Å². The van der Waals surface area contributed by atoms with Crippen molar-refractivity contribution in [2.45, 2.75) is 13.8 Å². The van der Waals surface area contributed by atoms with Crippen molar-refractivity contribution >= 4 is 5.82 Å². The molecular formula is C11H12N2O2. The van der Waals surface area contributed by atoms with Crippen molar-refractivity contribution in [2.75, 3.05) is 5.73 Å². The predicted molar refractivity (Wildman–Crippen MR) is 57.5 cm³/mol. The highest BCUT2D eigenvalue weighted by Gasteiger charge is 2.14. The summed E-state index contributed by atoms with van der Waals surface area (Å²) in [6.45, 7) is 3.73. The maximum absolute atomic E-state index is 9.91. The Kier molecular flexibility index (Phi) is 2.11. The molecule has 1 aromatic carbocycles. The molecule has 1 aromatic heterocycles. The van der Waals surface area contributed by atoms with Crippen LogP contribution in [0.4, 0.5) is 5.82 Å². The summed E-state index contributed by atoms with van der Waals surface area (Å²) in [7, 11) is 0. The van der Waals surface area contributed by atoms with Crippen molar-refractivity contribution in [3.63, 3.8) is 0 Å². The summed E-state index contributed by atoms with van der Waals surface area (Å²) in [5.74, 6) is 1.02. The second-order valence-corrected chi connectivity index (χ2v) is 3.54. The Morgan fingerprint density at radius 2 is 1.93 bits per heavy atom. The fourth-order valence-electron chi connectivity index (χ4n) is 1.51. The quantitative estimate of drug-likeness (QED) is 0.747. The first-order chi connectivity index (χ1) is 7.09. The molecule has 0 saturated carbocycles. The Hall–Kier alpha value is -1.97. The number of benzene rings is 1. The molecule has 0 aliphatic heterocycles. The van der Waals surface area contributed by atoms with Gasteiger partial charge in [-0.05, 0) is 25.0 Å². The molecule has 0 atom stereocenters. The zero-order valence-corrected chi connectivity index (χ0v) is 8.61. The lowest BCUT2D eigenvalue weighted by Crippen LogP contribution is -1.85. The number of aromatic nitrogens is 1. The Balaban J connectivity index is 2.66. The molecule has 0 saturated heterocycles. The minimum absolute atomic E-state index is 0.214. The van der Waals surface area contributed by atoms with E-state index in [9.17, 15) is 5.11 Å². The zero-order valence-electron chi connectivity index (χ0n) is 8.61. The van der Waals surface area contributed by atoms with E-state index < -0.39 is 0 Å². The highest BCUT2D eigenvalue weighted by molar-refractivity contribution is 5.72. The lowest BCUT2D eigenvalue weighted by atomic mass is 10.0. The van der Waals surface area contributed by atoms with Gasteiger partial charge in [-0.25, -0.2) is 0 Å². The lowest BCUT2D eigenvalue weighted by molar-refractivity contribution is 0.428. The number of aromatic hydroxyl groups is 1. The van der Waals surface area contributed by atoms with Crippen molar-refractivity contribution in [3.8, 4) is 17.1 Å². The van der Waals surface area contributed by atoms with Crippen molar-refractivity contribution in [1.29, 1.82) is 0 Å². The van der Waals surface area contributed by atoms with Gasteiger partial charge in [0.15, 0.2) is 11.6 Å². The van der Waals surface area contributed by atoms with Gasteiger partial charge in [0.2, 0.25) is 0 Å². The van der Waals surface area contributed by atoms with Gasteiger partial charge in [0.1, 0.15) is 5.75 Å². The summed E-state index contributed by atoms with van der Waals surface area (Å²) < 4.78 is 5.03. The molecule has 2 aromatic rings. The fraction of sp³-hybridized carbons (Fsp3) is 0.182. The van der Waals surface area contributed by atoms with Crippen LogP contribution in [0.15, 0.2) is 22.7 Å². The minimum Gasteiger partial charge on any atom is -0.507 e. The molecule has 0 spiro atoms. The van der Waals surface area contributed by atoms with Gasteiger partial charge in [0.25, 0.3) is 0 Å². The van der Waals surface area contributed by atoms with Crippen LogP contribution in [0.5, 0.6) is 5.75 Å². The van der Waals surface area contributed by atoms with Crippen molar-refractivity contribution < 1.29 is 9.63 Å². The summed E-state index contributed by atoms with van der Waals surface area (Å²) >= 11 is 0. The first-order valence-corrected chi connectivity index (χ1v) is 4.61. The average molecular weight is 204 g/mol. The van der Waals surface area contributed by atoms with Crippen LogP contribution in [0, 0.1) is 13.8 Å². The van der Waals surface area contributed by atoms with E-state index in [1.807, 2.05) is 26.0 Å². The number of nitrogen functional groups attached to an aromatic ring is 1. The number of nitrogens with zero attached hydrogens (tertiary/aromatic N) is 1. The number of rotatable bonds is 1. The van der Waals surface area contributed by atoms with E-state index in [2.05, 4.69) is 5.16 Å². The summed E-state index contributed by atoms with van der Waals surface area (Å²) in [6, 6.07) is 5.37. The highest BCUT2D eigenvalue weighted by atomic mass is 16.5. The molecule has 0 unspecified atom stereocenters. The summed E-state index contributed by atoms with van der Waals surface area (Å²) in [4.78, 5) is 0. The van der Waals surface area contributed by atoms with E-state index in [-0.39, 0.29) is 5.75 Å². The SMILES string of the molecule is Cc1ccc(C)c(-c2cc(N)no2)c1O. The van der Waals surface area contributed by atoms with E-state index >= 15 is 0 Å². The molecule has 0 bridgehead atoms. The molecule has 3 N–H and O–H groups in total. The summed E-state index contributed by atoms with van der Waals surface area (Å²) in [5, 5.41) is 13.5. The van der Waals surface area contributed by atoms with Gasteiger partial charge in [-0.2, -0.15) is 0 Å². The van der Waals surface area contributed by atoms with Crippen LogP contribution in [0.25, 0.3) is 11.3 Å². The van der Waals surface area contributed by atoms with Gasteiger partial charge < -0.3 is 15.4 Å². The number of nitrogens with two attached hydrogens (primary N) is 1. The molecule has 0 radical (unpaired) electrons. The van der Waals surface area contributed by atoms with Crippen LogP contribution in [0.3, 0.4) is 0 Å². The second-order valence-electron chi connectivity index (χ2n) is 3.54. The van der Waals surface area contributed by atoms with Crippen molar-refractivity contribution in [2.24, 2.45) is 0 Å². The zero-order chi connectivity index (χ0) is 11.0. The lowest BCUT2D eigenvalue weighted by Gasteiger charge is -2.06. The van der Waals surface area contributed by atoms with Gasteiger partial charge in [0, 0.05) is 6.07 Å². The van der Waals surface area contributed by atoms with Gasteiger partial charge in [-0.3, -0.25) is 0 Å². The second kappa shape index (κ2) is 3.31. The minimum atomic E-state index is 0.214. The topological polar surface area (TPSA) is 72.3 Å². The maximum Gasteiger partial charge on any atom is 0.173 e. The van der Waals surface area contributed by atoms with Crippen LogP contribution >= 0.6 is 0 Å².